The van der Waals surface area contributed by atoms with Crippen molar-refractivity contribution in [3.63, 3.8) is 0 Å². The largest absolute Gasteiger partial charge is 0.495 e. The van der Waals surface area contributed by atoms with E-state index in [0.29, 0.717) is 32.4 Å². The molecule has 0 aliphatic carbocycles. The average molecular weight is 554 g/mol. The molecule has 11 nitrogen and oxygen atoms in total. The molecular weight excluding hydrogens is 530 g/mol. The van der Waals surface area contributed by atoms with Crippen molar-refractivity contribution in [2.45, 2.75) is 20.4 Å². The molecule has 0 bridgehead atoms. The molecule has 2 N–H and O–H groups in total. The zero-order valence-electron chi connectivity index (χ0n) is 20.7. The lowest BCUT2D eigenvalue weighted by Crippen LogP contribution is -2.27. The fraction of sp³-hybridized carbons (Fsp3) is 0.200. The van der Waals surface area contributed by atoms with Gasteiger partial charge in [-0.2, -0.15) is 0 Å². The van der Waals surface area contributed by atoms with E-state index >= 15 is 0 Å². The van der Waals surface area contributed by atoms with Gasteiger partial charge in [0.05, 0.1) is 35.1 Å². The number of thiazole rings is 1. The Morgan fingerprint density at radius 1 is 1.13 bits per heavy atom. The second-order valence-electron chi connectivity index (χ2n) is 7.94. The van der Waals surface area contributed by atoms with E-state index in [1.165, 1.54) is 19.5 Å². The van der Waals surface area contributed by atoms with Crippen LogP contribution in [-0.2, 0) is 16.1 Å². The average Bonchev–Trinajstić information content (AvgIpc) is 3.43. The summed E-state index contributed by atoms with van der Waals surface area (Å²) in [6.45, 7) is 6.50. The number of fused-ring (bicyclic) bond motifs is 1. The van der Waals surface area contributed by atoms with Crippen LogP contribution in [0.2, 0.25) is 0 Å². The molecule has 2 amide bonds. The third-order valence-corrected chi connectivity index (χ3v) is 7.60. The molecule has 0 saturated heterocycles. The number of methoxy groups -OCH3 is 1. The number of esters is 1. The van der Waals surface area contributed by atoms with E-state index in [4.69, 9.17) is 9.47 Å². The van der Waals surface area contributed by atoms with Crippen LogP contribution in [0, 0.1) is 13.8 Å². The number of nitrogens with one attached hydrogen (secondary N) is 2. The molecule has 0 saturated carbocycles. The molecule has 0 fully saturated rings. The van der Waals surface area contributed by atoms with Gasteiger partial charge in [-0.3, -0.25) is 19.0 Å². The Hall–Kier alpha value is -4.36. The summed E-state index contributed by atoms with van der Waals surface area (Å²) in [7, 11) is 1.51. The smallest absolute Gasteiger partial charge is 0.350 e. The van der Waals surface area contributed by atoms with E-state index < -0.39 is 23.3 Å². The van der Waals surface area contributed by atoms with Crippen molar-refractivity contribution in [1.82, 2.24) is 14.5 Å². The van der Waals surface area contributed by atoms with Crippen molar-refractivity contribution >= 4 is 61.5 Å². The highest BCUT2D eigenvalue weighted by molar-refractivity contribution is 7.20. The van der Waals surface area contributed by atoms with Gasteiger partial charge >= 0.3 is 5.97 Å². The normalized spacial score (nSPS) is 10.7. The van der Waals surface area contributed by atoms with Crippen molar-refractivity contribution in [1.29, 1.82) is 0 Å². The van der Waals surface area contributed by atoms with Crippen LogP contribution in [0.15, 0.2) is 48.0 Å². The van der Waals surface area contributed by atoms with Crippen molar-refractivity contribution in [2.24, 2.45) is 0 Å². The van der Waals surface area contributed by atoms with Crippen molar-refractivity contribution in [3.05, 3.63) is 74.6 Å². The number of thiophene rings is 1. The van der Waals surface area contributed by atoms with Gasteiger partial charge in [0.2, 0.25) is 5.91 Å². The first-order valence-electron chi connectivity index (χ1n) is 11.2. The molecule has 3 heterocycles. The number of benzene rings is 1. The molecule has 4 rings (SSSR count). The topological polar surface area (TPSA) is 142 Å². The predicted octanol–water partition coefficient (Wildman–Crippen LogP) is 3.77. The van der Waals surface area contributed by atoms with Crippen LogP contribution in [0.4, 0.5) is 10.8 Å². The van der Waals surface area contributed by atoms with Gasteiger partial charge in [-0.05, 0) is 31.5 Å². The number of carbonyl (C=O) groups is 3. The Morgan fingerprint density at radius 3 is 2.63 bits per heavy atom. The van der Waals surface area contributed by atoms with Gasteiger partial charge in [0.15, 0.2) is 5.13 Å². The first kappa shape index (κ1) is 26.7. The number of nitrogens with zero attached hydrogens (tertiary/aromatic N) is 3. The monoisotopic (exact) mass is 553 g/mol. The maximum atomic E-state index is 13.2. The Bertz CT molecular complexity index is 1620. The molecule has 38 heavy (non-hydrogen) atoms. The van der Waals surface area contributed by atoms with Crippen LogP contribution in [0.5, 0.6) is 5.75 Å². The number of ether oxygens (including phenoxy) is 2. The number of anilines is 2. The van der Waals surface area contributed by atoms with Crippen molar-refractivity contribution < 1.29 is 23.9 Å². The zero-order valence-corrected chi connectivity index (χ0v) is 22.3. The van der Waals surface area contributed by atoms with Crippen LogP contribution in [0.1, 0.15) is 30.6 Å². The number of rotatable bonds is 9. The molecule has 0 aliphatic rings. The van der Waals surface area contributed by atoms with Gasteiger partial charge in [-0.25, -0.2) is 14.8 Å². The summed E-state index contributed by atoms with van der Waals surface area (Å²) in [5.41, 5.74) is 0.906. The fourth-order valence-corrected chi connectivity index (χ4v) is 5.48. The summed E-state index contributed by atoms with van der Waals surface area (Å²) in [5, 5.41) is 5.85. The maximum absolute atomic E-state index is 13.2. The highest BCUT2D eigenvalue weighted by Crippen LogP contribution is 2.30. The fourth-order valence-electron chi connectivity index (χ4n) is 3.57. The molecule has 1 aromatic carbocycles. The number of hydrogen-bond donors (Lipinski definition) is 2. The van der Waals surface area contributed by atoms with Gasteiger partial charge in [0.1, 0.15) is 28.6 Å². The lowest BCUT2D eigenvalue weighted by Gasteiger charge is -2.09. The lowest BCUT2D eigenvalue weighted by atomic mass is 10.2. The molecule has 3 aromatic heterocycles. The summed E-state index contributed by atoms with van der Waals surface area (Å²) in [6.07, 6.45) is 2.71. The zero-order chi connectivity index (χ0) is 27.4. The Balaban J connectivity index is 1.52. The standard InChI is InChI=1S/C25H23N5O6S2/c1-5-10-36-24(34)20-14(3)27-25(38-20)29-17(31)11-30-12-26-22-18(23(30)33)13(2)19(37-22)21(32)28-15-8-6-7-9-16(15)35-4/h5-9,12H,1,10-11H2,2-4H3,(H,28,32)(H,27,29,31). The highest BCUT2D eigenvalue weighted by atomic mass is 32.1. The van der Waals surface area contributed by atoms with E-state index in [-0.39, 0.29) is 28.5 Å². The predicted molar refractivity (Wildman–Crippen MR) is 146 cm³/mol. The van der Waals surface area contributed by atoms with Crippen LogP contribution < -0.4 is 20.9 Å². The van der Waals surface area contributed by atoms with Gasteiger partial charge in [-0.1, -0.05) is 36.1 Å². The minimum atomic E-state index is -0.565. The Kier molecular flexibility index (Phi) is 7.98. The van der Waals surface area contributed by atoms with Crippen molar-refractivity contribution in [3.8, 4) is 5.75 Å². The Labute approximate surface area is 224 Å². The molecular formula is C25H23N5O6S2. The van der Waals surface area contributed by atoms with Crippen LogP contribution in [0.3, 0.4) is 0 Å². The van der Waals surface area contributed by atoms with E-state index in [1.807, 2.05) is 0 Å². The van der Waals surface area contributed by atoms with Gasteiger partial charge in [0, 0.05) is 0 Å². The van der Waals surface area contributed by atoms with Crippen LogP contribution in [-0.4, -0.2) is 46.0 Å². The van der Waals surface area contributed by atoms with Crippen LogP contribution >= 0.6 is 22.7 Å². The van der Waals surface area contributed by atoms with E-state index in [9.17, 15) is 19.2 Å². The number of amides is 2. The second kappa shape index (κ2) is 11.4. The van der Waals surface area contributed by atoms with Crippen molar-refractivity contribution in [2.75, 3.05) is 24.4 Å². The molecule has 4 aromatic rings. The summed E-state index contributed by atoms with van der Waals surface area (Å²) in [5.74, 6) is -0.998. The molecule has 0 atom stereocenters. The quantitative estimate of drug-likeness (QED) is 0.236. The molecule has 0 spiro atoms. The van der Waals surface area contributed by atoms with Gasteiger partial charge < -0.3 is 20.1 Å². The van der Waals surface area contributed by atoms with Gasteiger partial charge in [-0.15, -0.1) is 11.3 Å². The van der Waals surface area contributed by atoms with Gasteiger partial charge in [0.25, 0.3) is 11.5 Å². The third-order valence-electron chi connectivity index (χ3n) is 5.35. The van der Waals surface area contributed by atoms with E-state index in [1.54, 1.807) is 38.1 Å². The number of carbonyl (C=O) groups excluding carboxylic acids is 3. The van der Waals surface area contributed by atoms with Crippen LogP contribution in [0.25, 0.3) is 10.2 Å². The minimum Gasteiger partial charge on any atom is -0.495 e. The number of para-hydroxylation sites is 2. The second-order valence-corrected chi connectivity index (χ2v) is 9.94. The van der Waals surface area contributed by atoms with E-state index in [2.05, 4.69) is 27.2 Å². The third kappa shape index (κ3) is 5.48. The van der Waals surface area contributed by atoms with E-state index in [0.717, 1.165) is 27.2 Å². The summed E-state index contributed by atoms with van der Waals surface area (Å²) in [4.78, 5) is 60.4. The molecule has 0 aliphatic heterocycles. The first-order valence-corrected chi connectivity index (χ1v) is 12.8. The number of aryl methyl sites for hydroxylation is 2. The lowest BCUT2D eigenvalue weighted by molar-refractivity contribution is -0.116. The summed E-state index contributed by atoms with van der Waals surface area (Å²) in [6, 6.07) is 6.99. The molecule has 196 valence electrons. The highest BCUT2D eigenvalue weighted by Gasteiger charge is 2.22. The summed E-state index contributed by atoms with van der Waals surface area (Å²) >= 11 is 2.05. The molecule has 13 heteroatoms. The SMILES string of the molecule is C=CCOC(=O)c1sc(NC(=O)Cn2cnc3sc(C(=O)Nc4ccccc4OC)c(C)c3c2=O)nc1C. The maximum Gasteiger partial charge on any atom is 0.350 e. The number of hydrogen-bond acceptors (Lipinski definition) is 10. The first-order chi connectivity index (χ1) is 18.2. The molecule has 0 unspecified atom stereocenters. The minimum absolute atomic E-state index is 0.0576. The summed E-state index contributed by atoms with van der Waals surface area (Å²) < 4.78 is 11.4. The Morgan fingerprint density at radius 2 is 1.89 bits per heavy atom. The number of aromatic nitrogens is 3. The molecule has 0 radical (unpaired) electrons.